The Labute approximate surface area is 134 Å². The van der Waals surface area contributed by atoms with E-state index in [1.165, 1.54) is 11.3 Å². The molecule has 0 atom stereocenters. The monoisotopic (exact) mass is 318 g/mol. The molecule has 0 bridgehead atoms. The van der Waals surface area contributed by atoms with Gasteiger partial charge in [0.25, 0.3) is 0 Å². The Morgan fingerprint density at radius 2 is 1.95 bits per heavy atom. The smallest absolute Gasteiger partial charge is 0.185 e. The van der Waals surface area contributed by atoms with Gasteiger partial charge >= 0.3 is 0 Å². The minimum absolute atomic E-state index is 0.469. The number of hydrogen-bond donors (Lipinski definition) is 1. The fourth-order valence-corrected chi connectivity index (χ4v) is 3.63. The normalized spacial score (nSPS) is 15.3. The first-order valence-electron chi connectivity index (χ1n) is 6.95. The summed E-state index contributed by atoms with van der Waals surface area (Å²) in [5, 5.41) is 3.13. The first kappa shape index (κ1) is 14.3. The molecule has 21 heavy (non-hydrogen) atoms. The molecule has 0 aliphatic carbocycles. The number of aryl methyl sites for hydroxylation is 1. The lowest BCUT2D eigenvalue weighted by Gasteiger charge is -2.37. The van der Waals surface area contributed by atoms with Crippen molar-refractivity contribution in [1.82, 2.24) is 4.98 Å². The zero-order valence-electron chi connectivity index (χ0n) is 12.0. The number of aromatic nitrogens is 1. The summed E-state index contributed by atoms with van der Waals surface area (Å²) in [6.07, 6.45) is 1.86. The molecule has 0 saturated carbocycles. The van der Waals surface area contributed by atoms with E-state index < -0.39 is 0 Å². The number of nitrogens with zero attached hydrogens (tertiary/aromatic N) is 3. The summed E-state index contributed by atoms with van der Waals surface area (Å²) in [7, 11) is 0. The molecule has 1 aliphatic rings. The lowest BCUT2D eigenvalue weighted by Crippen LogP contribution is -2.47. The summed E-state index contributed by atoms with van der Waals surface area (Å²) < 4.78 is 0. The van der Waals surface area contributed by atoms with Crippen molar-refractivity contribution >= 4 is 39.4 Å². The second-order valence-corrected chi connectivity index (χ2v) is 6.44. The summed E-state index contributed by atoms with van der Waals surface area (Å²) in [5.74, 6) is 0. The van der Waals surface area contributed by atoms with Crippen LogP contribution in [0.2, 0.25) is 0 Å². The SMILES string of the molecule is Cc1cccc(C(N)=S)c1N1CCN(c2nccs2)CC1. The molecule has 3 rings (SSSR count). The van der Waals surface area contributed by atoms with Crippen molar-refractivity contribution in [1.29, 1.82) is 0 Å². The van der Waals surface area contributed by atoms with E-state index in [0.717, 1.165) is 36.9 Å². The molecule has 0 amide bonds. The van der Waals surface area contributed by atoms with Crippen molar-refractivity contribution in [2.45, 2.75) is 6.92 Å². The van der Waals surface area contributed by atoms with Crippen LogP contribution in [0.25, 0.3) is 0 Å². The van der Waals surface area contributed by atoms with Gasteiger partial charge in [0.1, 0.15) is 4.99 Å². The van der Waals surface area contributed by atoms with E-state index in [9.17, 15) is 0 Å². The minimum Gasteiger partial charge on any atom is -0.389 e. The minimum atomic E-state index is 0.469. The number of thiocarbonyl (C=S) groups is 1. The highest BCUT2D eigenvalue weighted by molar-refractivity contribution is 7.80. The standard InChI is InChI=1S/C15H18N4S2/c1-11-3-2-4-12(14(16)20)13(11)18-6-8-19(9-7-18)15-17-5-10-21-15/h2-5,10H,6-9H2,1H3,(H2,16,20). The van der Waals surface area contributed by atoms with Gasteiger partial charge in [0, 0.05) is 43.3 Å². The van der Waals surface area contributed by atoms with Gasteiger partial charge in [-0.25, -0.2) is 4.98 Å². The van der Waals surface area contributed by atoms with Crippen LogP contribution in [0.3, 0.4) is 0 Å². The molecular formula is C15H18N4S2. The number of anilines is 2. The molecule has 2 N–H and O–H groups in total. The van der Waals surface area contributed by atoms with Crippen LogP contribution < -0.4 is 15.5 Å². The number of rotatable bonds is 3. The molecule has 1 aromatic carbocycles. The average Bonchev–Trinajstić information content (AvgIpc) is 3.01. The van der Waals surface area contributed by atoms with E-state index in [4.69, 9.17) is 18.0 Å². The lowest BCUT2D eigenvalue weighted by molar-refractivity contribution is 0.650. The van der Waals surface area contributed by atoms with Crippen molar-refractivity contribution in [2.75, 3.05) is 36.0 Å². The maximum absolute atomic E-state index is 5.88. The largest absolute Gasteiger partial charge is 0.389 e. The van der Waals surface area contributed by atoms with Crippen LogP contribution in [0.15, 0.2) is 29.8 Å². The zero-order valence-corrected chi connectivity index (χ0v) is 13.6. The Balaban J connectivity index is 1.80. The number of nitrogens with two attached hydrogens (primary N) is 1. The van der Waals surface area contributed by atoms with Gasteiger partial charge in [0.05, 0.1) is 5.69 Å². The van der Waals surface area contributed by atoms with Crippen LogP contribution in [-0.4, -0.2) is 36.2 Å². The second-order valence-electron chi connectivity index (χ2n) is 5.12. The van der Waals surface area contributed by atoms with E-state index in [-0.39, 0.29) is 0 Å². The van der Waals surface area contributed by atoms with E-state index >= 15 is 0 Å². The van der Waals surface area contributed by atoms with Gasteiger partial charge in [0.15, 0.2) is 5.13 Å². The van der Waals surface area contributed by atoms with Crippen LogP contribution in [0.4, 0.5) is 10.8 Å². The number of piperazine rings is 1. The molecule has 4 nitrogen and oxygen atoms in total. The van der Waals surface area contributed by atoms with Crippen LogP contribution in [-0.2, 0) is 0 Å². The molecular weight excluding hydrogens is 300 g/mol. The average molecular weight is 318 g/mol. The van der Waals surface area contributed by atoms with Crippen LogP contribution >= 0.6 is 23.6 Å². The molecule has 1 fully saturated rings. The molecule has 1 saturated heterocycles. The van der Waals surface area contributed by atoms with E-state index in [1.807, 2.05) is 23.7 Å². The van der Waals surface area contributed by atoms with Gasteiger partial charge in [0.2, 0.25) is 0 Å². The molecule has 1 aliphatic heterocycles. The molecule has 0 radical (unpaired) electrons. The Morgan fingerprint density at radius 3 is 2.57 bits per heavy atom. The Morgan fingerprint density at radius 1 is 1.24 bits per heavy atom. The number of para-hydroxylation sites is 1. The Bertz CT molecular complexity index is 631. The molecule has 2 aromatic rings. The van der Waals surface area contributed by atoms with Gasteiger partial charge in [-0.1, -0.05) is 24.4 Å². The quantitative estimate of drug-likeness (QED) is 0.881. The zero-order chi connectivity index (χ0) is 14.8. The van der Waals surface area contributed by atoms with Crippen molar-refractivity contribution in [3.63, 3.8) is 0 Å². The number of benzene rings is 1. The fraction of sp³-hybridized carbons (Fsp3) is 0.333. The maximum Gasteiger partial charge on any atom is 0.185 e. The summed E-state index contributed by atoms with van der Waals surface area (Å²) in [6, 6.07) is 6.14. The topological polar surface area (TPSA) is 45.4 Å². The Hall–Kier alpha value is -1.66. The summed E-state index contributed by atoms with van der Waals surface area (Å²) >= 11 is 6.89. The predicted octanol–water partition coefficient (Wildman–Crippen LogP) is 2.41. The van der Waals surface area contributed by atoms with Crippen molar-refractivity contribution in [2.24, 2.45) is 5.73 Å². The Kier molecular flexibility index (Phi) is 4.07. The van der Waals surface area contributed by atoms with Crippen LogP contribution in [0.1, 0.15) is 11.1 Å². The summed E-state index contributed by atoms with van der Waals surface area (Å²) in [6.45, 7) is 5.97. The van der Waals surface area contributed by atoms with Crippen molar-refractivity contribution < 1.29 is 0 Å². The van der Waals surface area contributed by atoms with Crippen LogP contribution in [0.5, 0.6) is 0 Å². The molecule has 0 unspecified atom stereocenters. The second kappa shape index (κ2) is 5.99. The first-order chi connectivity index (χ1) is 10.2. The number of thiazole rings is 1. The summed E-state index contributed by atoms with van der Waals surface area (Å²) in [4.78, 5) is 9.57. The maximum atomic E-state index is 5.88. The third-order valence-corrected chi connectivity index (χ3v) is 4.84. The van der Waals surface area contributed by atoms with Crippen molar-refractivity contribution in [3.8, 4) is 0 Å². The van der Waals surface area contributed by atoms with Crippen molar-refractivity contribution in [3.05, 3.63) is 40.9 Å². The first-order valence-corrected chi connectivity index (χ1v) is 8.24. The van der Waals surface area contributed by atoms with Gasteiger partial charge in [-0.05, 0) is 18.6 Å². The van der Waals surface area contributed by atoms with Gasteiger partial charge in [-0.2, -0.15) is 0 Å². The molecule has 110 valence electrons. The molecule has 6 heteroatoms. The van der Waals surface area contributed by atoms with E-state index in [0.29, 0.717) is 4.99 Å². The molecule has 1 aromatic heterocycles. The fourth-order valence-electron chi connectivity index (χ4n) is 2.77. The van der Waals surface area contributed by atoms with Gasteiger partial charge < -0.3 is 15.5 Å². The van der Waals surface area contributed by atoms with Crippen LogP contribution in [0, 0.1) is 6.92 Å². The predicted molar refractivity (Wildman–Crippen MR) is 93.6 cm³/mol. The van der Waals surface area contributed by atoms with Gasteiger partial charge in [-0.15, -0.1) is 11.3 Å². The third kappa shape index (κ3) is 2.87. The lowest BCUT2D eigenvalue weighted by atomic mass is 10.1. The van der Waals surface area contributed by atoms with E-state index in [2.05, 4.69) is 27.8 Å². The third-order valence-electron chi connectivity index (χ3n) is 3.79. The van der Waals surface area contributed by atoms with E-state index in [1.54, 1.807) is 11.3 Å². The number of hydrogen-bond acceptors (Lipinski definition) is 5. The highest BCUT2D eigenvalue weighted by Gasteiger charge is 2.22. The molecule has 0 spiro atoms. The van der Waals surface area contributed by atoms with Gasteiger partial charge in [-0.3, -0.25) is 0 Å². The molecule has 2 heterocycles. The highest BCUT2D eigenvalue weighted by atomic mass is 32.1. The highest BCUT2D eigenvalue weighted by Crippen LogP contribution is 2.28. The summed E-state index contributed by atoms with van der Waals surface area (Å²) in [5.41, 5.74) is 9.27.